The van der Waals surface area contributed by atoms with Crippen LogP contribution in [0.3, 0.4) is 0 Å². The first-order valence-corrected chi connectivity index (χ1v) is 2.29. The van der Waals surface area contributed by atoms with Crippen molar-refractivity contribution >= 4 is 6.09 Å². The number of amides is 1. The first-order valence-electron chi connectivity index (χ1n) is 1.84. The van der Waals surface area contributed by atoms with Gasteiger partial charge in [0.2, 0.25) is 0 Å². The van der Waals surface area contributed by atoms with Gasteiger partial charge in [0.05, 0.1) is 6.61 Å². The van der Waals surface area contributed by atoms with E-state index in [1.165, 1.54) is 0 Å². The quantitative estimate of drug-likeness (QED) is 0.549. The zero-order valence-corrected chi connectivity index (χ0v) is 5.47. The predicted molar refractivity (Wildman–Crippen MR) is 21.9 cm³/mol. The van der Waals surface area contributed by atoms with Crippen LogP contribution in [-0.2, 0) is 24.5 Å². The first-order chi connectivity index (χ1) is 3.77. The molecule has 5 heteroatoms. The van der Waals surface area contributed by atoms with Crippen LogP contribution < -0.4 is 5.73 Å². The van der Waals surface area contributed by atoms with Crippen LogP contribution in [0.15, 0.2) is 0 Å². The van der Waals surface area contributed by atoms with Gasteiger partial charge in [0, 0.05) is 0 Å². The molecule has 0 heterocycles. The monoisotopic (exact) mass is 161 g/mol. The average molecular weight is 161 g/mol. The zero-order valence-electron chi connectivity index (χ0n) is 4.36. The van der Waals surface area contributed by atoms with Crippen LogP contribution in [0.4, 0.5) is 4.79 Å². The molecule has 0 saturated heterocycles. The Bertz CT molecular complexity index is 67.5. The number of rotatable bonds is 1. The SMILES string of the molecule is CCOC(N)=O.[O]=[Fe]. The minimum absolute atomic E-state index is 0.356. The fourth-order valence-electron chi connectivity index (χ4n) is 0.142. The van der Waals surface area contributed by atoms with E-state index in [1.54, 1.807) is 6.92 Å². The summed E-state index contributed by atoms with van der Waals surface area (Å²) in [6, 6.07) is 0. The van der Waals surface area contributed by atoms with E-state index in [0.717, 1.165) is 0 Å². The van der Waals surface area contributed by atoms with Crippen molar-refractivity contribution in [1.82, 2.24) is 0 Å². The van der Waals surface area contributed by atoms with Crippen molar-refractivity contribution in [1.29, 1.82) is 0 Å². The van der Waals surface area contributed by atoms with E-state index < -0.39 is 6.09 Å². The van der Waals surface area contributed by atoms with Crippen LogP contribution in [-0.4, -0.2) is 12.7 Å². The standard InChI is InChI=1S/C3H7NO2.Fe.O/c1-2-6-3(4)5;;/h2H2,1H3,(H2,4,5);;. The summed E-state index contributed by atoms with van der Waals surface area (Å²) in [7, 11) is 0. The molecule has 0 saturated carbocycles. The molecule has 0 bridgehead atoms. The number of ether oxygens (including phenoxy) is 1. The van der Waals surface area contributed by atoms with Crippen molar-refractivity contribution in [3.8, 4) is 0 Å². The summed E-state index contributed by atoms with van der Waals surface area (Å²) in [5.41, 5.74) is 4.54. The van der Waals surface area contributed by atoms with Gasteiger partial charge in [-0.25, -0.2) is 4.79 Å². The summed E-state index contributed by atoms with van der Waals surface area (Å²) in [5, 5.41) is 0. The Kier molecular flexibility index (Phi) is 12.9. The predicted octanol–water partition coefficient (Wildman–Crippen LogP) is -0.0197. The molecule has 0 aromatic carbocycles. The maximum absolute atomic E-state index is 9.60. The van der Waals surface area contributed by atoms with Crippen LogP contribution in [0.5, 0.6) is 0 Å². The summed E-state index contributed by atoms with van der Waals surface area (Å²) >= 11 is 2.00. The molecule has 0 fully saturated rings. The molecular weight excluding hydrogens is 154 g/mol. The molecule has 0 spiro atoms. The van der Waals surface area contributed by atoms with E-state index in [0.29, 0.717) is 6.61 Å². The fraction of sp³-hybridized carbons (Fsp3) is 0.667. The molecule has 0 aromatic heterocycles. The third-order valence-corrected chi connectivity index (χ3v) is 0.287. The summed E-state index contributed by atoms with van der Waals surface area (Å²) in [5.74, 6) is 0. The molecule has 0 aliphatic heterocycles. The fourth-order valence-corrected chi connectivity index (χ4v) is 0.142. The molecular formula is C3H7FeNO3. The minimum atomic E-state index is -0.711. The van der Waals surface area contributed by atoms with Crippen molar-refractivity contribution in [2.45, 2.75) is 6.92 Å². The second-order valence-corrected chi connectivity index (χ2v) is 0.752. The molecule has 0 aliphatic carbocycles. The Morgan fingerprint density at radius 1 is 1.75 bits per heavy atom. The molecule has 1 amide bonds. The third kappa shape index (κ3) is 17.6. The van der Waals surface area contributed by atoms with Crippen LogP contribution in [0.2, 0.25) is 0 Å². The second kappa shape index (κ2) is 9.77. The van der Waals surface area contributed by atoms with Crippen LogP contribution in [0.25, 0.3) is 0 Å². The van der Waals surface area contributed by atoms with Crippen molar-refractivity contribution in [2.24, 2.45) is 5.73 Å². The van der Waals surface area contributed by atoms with Crippen molar-refractivity contribution < 1.29 is 29.3 Å². The summed E-state index contributed by atoms with van der Waals surface area (Å²) in [6.07, 6.45) is -0.711. The van der Waals surface area contributed by atoms with Gasteiger partial charge in [-0.15, -0.1) is 0 Å². The van der Waals surface area contributed by atoms with Gasteiger partial charge in [0.1, 0.15) is 0 Å². The van der Waals surface area contributed by atoms with E-state index in [4.69, 9.17) is 3.83 Å². The van der Waals surface area contributed by atoms with Crippen molar-refractivity contribution in [3.63, 3.8) is 0 Å². The van der Waals surface area contributed by atoms with Gasteiger partial charge in [0.25, 0.3) is 0 Å². The molecule has 8 heavy (non-hydrogen) atoms. The van der Waals surface area contributed by atoms with E-state index >= 15 is 0 Å². The summed E-state index contributed by atoms with van der Waals surface area (Å²) in [6.45, 7) is 2.06. The molecule has 0 radical (unpaired) electrons. The topological polar surface area (TPSA) is 69.4 Å². The van der Waals surface area contributed by atoms with Gasteiger partial charge in [-0.05, 0) is 6.92 Å². The number of hydrogen-bond donors (Lipinski definition) is 1. The normalized spacial score (nSPS) is 6.25. The molecule has 0 unspecified atom stereocenters. The van der Waals surface area contributed by atoms with Gasteiger partial charge >= 0.3 is 25.9 Å². The molecule has 0 rings (SSSR count). The Morgan fingerprint density at radius 2 is 2.12 bits per heavy atom. The average Bonchev–Trinajstić information content (AvgIpc) is 1.72. The third-order valence-electron chi connectivity index (χ3n) is 0.287. The molecule has 2 N–H and O–H groups in total. The van der Waals surface area contributed by atoms with Crippen LogP contribution >= 0.6 is 0 Å². The Balaban J connectivity index is 0. The molecule has 0 aromatic rings. The Morgan fingerprint density at radius 3 is 2.12 bits per heavy atom. The van der Waals surface area contributed by atoms with Gasteiger partial charge in [0.15, 0.2) is 0 Å². The Hall–Kier alpha value is -0.411. The van der Waals surface area contributed by atoms with E-state index in [2.05, 4.69) is 10.5 Å². The number of hydrogen-bond acceptors (Lipinski definition) is 3. The number of carbonyl (C=O) groups is 1. The molecule has 50 valence electrons. The molecule has 0 aliphatic rings. The van der Waals surface area contributed by atoms with E-state index in [9.17, 15) is 4.79 Å². The van der Waals surface area contributed by atoms with Gasteiger partial charge in [-0.2, -0.15) is 0 Å². The number of nitrogens with two attached hydrogens (primary N) is 1. The summed E-state index contributed by atoms with van der Waals surface area (Å²) < 4.78 is 12.2. The van der Waals surface area contributed by atoms with Gasteiger partial charge < -0.3 is 10.5 Å². The van der Waals surface area contributed by atoms with Gasteiger partial charge in [-0.1, -0.05) is 0 Å². The number of primary amides is 1. The maximum atomic E-state index is 9.60. The van der Waals surface area contributed by atoms with Crippen molar-refractivity contribution in [3.05, 3.63) is 0 Å². The molecule has 4 nitrogen and oxygen atoms in total. The number of carbonyl (C=O) groups excluding carboxylic acids is 1. The molecule has 0 atom stereocenters. The van der Waals surface area contributed by atoms with Crippen LogP contribution in [0, 0.1) is 0 Å². The van der Waals surface area contributed by atoms with E-state index in [1.807, 2.05) is 15.9 Å². The summed E-state index contributed by atoms with van der Waals surface area (Å²) in [4.78, 5) is 9.60. The zero-order chi connectivity index (χ0) is 6.99. The van der Waals surface area contributed by atoms with Crippen molar-refractivity contribution in [2.75, 3.05) is 6.61 Å². The van der Waals surface area contributed by atoms with Gasteiger partial charge in [-0.3, -0.25) is 0 Å². The first kappa shape index (κ1) is 10.5. The van der Waals surface area contributed by atoms with E-state index in [-0.39, 0.29) is 0 Å². The second-order valence-electron chi connectivity index (χ2n) is 0.752. The van der Waals surface area contributed by atoms with Crippen LogP contribution in [0.1, 0.15) is 6.92 Å². The Labute approximate surface area is 55.4 Å².